The molecule has 0 spiro atoms. The van der Waals surface area contributed by atoms with Crippen LogP contribution in [-0.4, -0.2) is 68.7 Å². The molecule has 1 fully saturated rings. The van der Waals surface area contributed by atoms with Gasteiger partial charge in [0, 0.05) is 38.3 Å². The van der Waals surface area contributed by atoms with Crippen molar-refractivity contribution < 1.29 is 8.42 Å². The van der Waals surface area contributed by atoms with Gasteiger partial charge in [-0.25, -0.2) is 8.42 Å². The maximum Gasteiger partial charge on any atom is 0.211 e. The monoisotopic (exact) mass is 291 g/mol. The average Bonchev–Trinajstić information content (AvgIpc) is 2.33. The third kappa shape index (κ3) is 6.21. The molecule has 1 rings (SSSR count). The molecule has 1 unspecified atom stereocenters. The van der Waals surface area contributed by atoms with E-state index in [0.29, 0.717) is 25.2 Å². The van der Waals surface area contributed by atoms with Gasteiger partial charge in [-0.15, -0.1) is 0 Å². The second kappa shape index (κ2) is 7.57. The largest absolute Gasteiger partial charge is 0.315 e. The first-order valence-electron chi connectivity index (χ1n) is 7.23. The van der Waals surface area contributed by atoms with Crippen LogP contribution in [0.1, 0.15) is 33.6 Å². The predicted molar refractivity (Wildman–Crippen MR) is 79.8 cm³/mol. The van der Waals surface area contributed by atoms with E-state index in [0.717, 1.165) is 19.6 Å². The van der Waals surface area contributed by atoms with Crippen molar-refractivity contribution in [2.75, 3.05) is 39.0 Å². The molecule has 0 aromatic rings. The van der Waals surface area contributed by atoms with Crippen molar-refractivity contribution in [1.82, 2.24) is 14.5 Å². The zero-order valence-corrected chi connectivity index (χ0v) is 13.5. The van der Waals surface area contributed by atoms with Crippen LogP contribution < -0.4 is 5.32 Å². The Labute approximate surface area is 118 Å². The molecule has 1 aliphatic heterocycles. The van der Waals surface area contributed by atoms with E-state index in [-0.39, 0.29) is 0 Å². The maximum atomic E-state index is 11.4. The van der Waals surface area contributed by atoms with Crippen molar-refractivity contribution in [3.8, 4) is 0 Å². The lowest BCUT2D eigenvalue weighted by Crippen LogP contribution is -2.51. The second-order valence-electron chi connectivity index (χ2n) is 5.80. The van der Waals surface area contributed by atoms with Gasteiger partial charge in [0.1, 0.15) is 0 Å². The highest BCUT2D eigenvalue weighted by Crippen LogP contribution is 2.12. The van der Waals surface area contributed by atoms with Gasteiger partial charge in [0.05, 0.1) is 6.26 Å². The van der Waals surface area contributed by atoms with E-state index in [1.807, 2.05) is 0 Å². The summed E-state index contributed by atoms with van der Waals surface area (Å²) >= 11 is 0. The van der Waals surface area contributed by atoms with Gasteiger partial charge in [0.25, 0.3) is 0 Å². The molecular formula is C13H29N3O2S. The van der Waals surface area contributed by atoms with Gasteiger partial charge in [-0.05, 0) is 26.3 Å². The summed E-state index contributed by atoms with van der Waals surface area (Å²) in [7, 11) is -3.01. The molecule has 1 heterocycles. The molecule has 6 heteroatoms. The molecule has 114 valence electrons. The molecule has 0 aromatic carbocycles. The Balaban J connectivity index is 2.23. The molecule has 1 saturated heterocycles. The molecule has 1 atom stereocenters. The fourth-order valence-electron chi connectivity index (χ4n) is 2.45. The minimum atomic E-state index is -3.01. The molecule has 1 N–H and O–H groups in total. The van der Waals surface area contributed by atoms with Crippen molar-refractivity contribution >= 4 is 10.0 Å². The van der Waals surface area contributed by atoms with Gasteiger partial charge in [0.15, 0.2) is 0 Å². The predicted octanol–water partition coefficient (Wildman–Crippen LogP) is 0.730. The highest BCUT2D eigenvalue weighted by atomic mass is 32.2. The minimum absolute atomic E-state index is 0.538. The second-order valence-corrected chi connectivity index (χ2v) is 7.78. The van der Waals surface area contributed by atoms with Gasteiger partial charge in [-0.3, -0.25) is 4.90 Å². The third-order valence-corrected chi connectivity index (χ3v) is 5.02. The smallest absolute Gasteiger partial charge is 0.211 e. The Morgan fingerprint density at radius 2 is 1.68 bits per heavy atom. The summed E-state index contributed by atoms with van der Waals surface area (Å²) in [6.45, 7) is 10.6. The molecular weight excluding hydrogens is 262 g/mol. The van der Waals surface area contributed by atoms with Crippen LogP contribution >= 0.6 is 0 Å². The fraction of sp³-hybridized carbons (Fsp3) is 1.00. The average molecular weight is 291 g/mol. The van der Waals surface area contributed by atoms with Crippen LogP contribution in [0.4, 0.5) is 0 Å². The van der Waals surface area contributed by atoms with Crippen LogP contribution in [0, 0.1) is 0 Å². The maximum absolute atomic E-state index is 11.4. The molecule has 0 aromatic heterocycles. The Bertz CT molecular complexity index is 349. The topological polar surface area (TPSA) is 52.6 Å². The molecule has 0 saturated carbocycles. The van der Waals surface area contributed by atoms with E-state index in [1.54, 1.807) is 4.31 Å². The van der Waals surface area contributed by atoms with Crippen LogP contribution in [-0.2, 0) is 10.0 Å². The van der Waals surface area contributed by atoms with Crippen molar-refractivity contribution in [2.24, 2.45) is 0 Å². The zero-order valence-electron chi connectivity index (χ0n) is 12.7. The minimum Gasteiger partial charge on any atom is -0.315 e. The Kier molecular flexibility index (Phi) is 6.73. The molecule has 0 bridgehead atoms. The van der Waals surface area contributed by atoms with Crippen molar-refractivity contribution in [3.05, 3.63) is 0 Å². The standard InChI is InChI=1S/C13H29N3O2S/c1-12(2)14-7-5-6-13(3)15-8-10-16(11-9-15)19(4,17)18/h12-14H,5-11H2,1-4H3. The number of sulfonamides is 1. The summed E-state index contributed by atoms with van der Waals surface area (Å²) in [4.78, 5) is 2.40. The number of hydrogen-bond donors (Lipinski definition) is 1. The van der Waals surface area contributed by atoms with Crippen molar-refractivity contribution in [3.63, 3.8) is 0 Å². The lowest BCUT2D eigenvalue weighted by Gasteiger charge is -2.37. The summed E-state index contributed by atoms with van der Waals surface area (Å²) in [5.74, 6) is 0. The summed E-state index contributed by atoms with van der Waals surface area (Å²) in [6.07, 6.45) is 3.63. The lowest BCUT2D eigenvalue weighted by atomic mass is 10.1. The zero-order chi connectivity index (χ0) is 14.5. The number of hydrogen-bond acceptors (Lipinski definition) is 4. The number of rotatable bonds is 7. The Hall–Kier alpha value is -0.170. The van der Waals surface area contributed by atoms with Crippen LogP contribution in [0.2, 0.25) is 0 Å². The molecule has 1 aliphatic rings. The van der Waals surface area contributed by atoms with Crippen LogP contribution in [0.15, 0.2) is 0 Å². The summed E-state index contributed by atoms with van der Waals surface area (Å²) in [5.41, 5.74) is 0. The molecule has 0 radical (unpaired) electrons. The van der Waals surface area contributed by atoms with Gasteiger partial charge in [-0.1, -0.05) is 13.8 Å². The first kappa shape index (κ1) is 16.9. The number of piperazine rings is 1. The molecule has 19 heavy (non-hydrogen) atoms. The van der Waals surface area contributed by atoms with Gasteiger partial charge < -0.3 is 5.32 Å². The number of nitrogens with zero attached hydrogens (tertiary/aromatic N) is 2. The van der Waals surface area contributed by atoms with Crippen LogP contribution in [0.3, 0.4) is 0 Å². The van der Waals surface area contributed by atoms with Crippen molar-refractivity contribution in [2.45, 2.75) is 45.7 Å². The van der Waals surface area contributed by atoms with E-state index in [4.69, 9.17) is 0 Å². The fourth-order valence-corrected chi connectivity index (χ4v) is 3.27. The summed E-state index contributed by atoms with van der Waals surface area (Å²) in [6, 6.07) is 1.09. The normalized spacial score (nSPS) is 20.9. The Morgan fingerprint density at radius 1 is 1.11 bits per heavy atom. The van der Waals surface area contributed by atoms with E-state index in [9.17, 15) is 8.42 Å². The third-order valence-electron chi connectivity index (χ3n) is 3.72. The van der Waals surface area contributed by atoms with Crippen LogP contribution in [0.25, 0.3) is 0 Å². The van der Waals surface area contributed by atoms with Crippen LogP contribution in [0.5, 0.6) is 0 Å². The summed E-state index contributed by atoms with van der Waals surface area (Å²) in [5, 5.41) is 3.42. The lowest BCUT2D eigenvalue weighted by molar-refractivity contribution is 0.139. The molecule has 0 amide bonds. The SMILES string of the molecule is CC(C)NCCCC(C)N1CCN(S(C)(=O)=O)CC1. The van der Waals surface area contributed by atoms with Gasteiger partial charge in [0.2, 0.25) is 10.0 Å². The Morgan fingerprint density at radius 3 is 2.16 bits per heavy atom. The first-order chi connectivity index (χ1) is 8.80. The summed E-state index contributed by atoms with van der Waals surface area (Å²) < 4.78 is 24.5. The molecule has 5 nitrogen and oxygen atoms in total. The van der Waals surface area contributed by atoms with Gasteiger partial charge >= 0.3 is 0 Å². The number of nitrogens with one attached hydrogen (secondary N) is 1. The van der Waals surface area contributed by atoms with Gasteiger partial charge in [-0.2, -0.15) is 4.31 Å². The van der Waals surface area contributed by atoms with E-state index < -0.39 is 10.0 Å². The van der Waals surface area contributed by atoms with E-state index in [1.165, 1.54) is 19.1 Å². The highest BCUT2D eigenvalue weighted by Gasteiger charge is 2.25. The first-order valence-corrected chi connectivity index (χ1v) is 9.08. The van der Waals surface area contributed by atoms with E-state index >= 15 is 0 Å². The highest BCUT2D eigenvalue weighted by molar-refractivity contribution is 7.88. The quantitative estimate of drug-likeness (QED) is 0.703. The van der Waals surface area contributed by atoms with Crippen molar-refractivity contribution in [1.29, 1.82) is 0 Å². The van der Waals surface area contributed by atoms with E-state index in [2.05, 4.69) is 31.0 Å². The molecule has 0 aliphatic carbocycles.